The van der Waals surface area contributed by atoms with Gasteiger partial charge in [0.15, 0.2) is 0 Å². The first-order chi connectivity index (χ1) is 13.3. The van der Waals surface area contributed by atoms with Gasteiger partial charge in [-0.05, 0) is 41.7 Å². The van der Waals surface area contributed by atoms with Crippen molar-refractivity contribution in [2.45, 2.75) is 23.5 Å². The fourth-order valence-electron chi connectivity index (χ4n) is 2.96. The summed E-state index contributed by atoms with van der Waals surface area (Å²) < 4.78 is 18.3. The number of ether oxygens (including phenoxy) is 1. The Hall–Kier alpha value is -2.28. The zero-order valence-corrected chi connectivity index (χ0v) is 15.2. The predicted molar refractivity (Wildman–Crippen MR) is 105 cm³/mol. The van der Waals surface area contributed by atoms with Crippen molar-refractivity contribution in [2.24, 2.45) is 5.92 Å². The van der Waals surface area contributed by atoms with Crippen LogP contribution in [-0.4, -0.2) is 52.8 Å². The van der Waals surface area contributed by atoms with E-state index in [1.807, 2.05) is 0 Å². The molecule has 2 N–H and O–H groups in total. The van der Waals surface area contributed by atoms with Gasteiger partial charge < -0.3 is 15.2 Å². The first kappa shape index (κ1) is 20.5. The topological polar surface area (TPSA) is 71.5 Å². The minimum absolute atomic E-state index is 0.0675. The monoisotopic (exact) mass is 374 g/mol. The van der Waals surface area contributed by atoms with Crippen LogP contribution in [-0.2, 0) is 4.79 Å². The van der Waals surface area contributed by atoms with Gasteiger partial charge in [-0.1, -0.05) is 17.2 Å². The number of aliphatic hydroxyl groups is 1. The lowest BCUT2D eigenvalue weighted by molar-refractivity contribution is -0.123. The number of nitrogens with zero attached hydrogens (tertiary/aromatic N) is 1. The summed E-state index contributed by atoms with van der Waals surface area (Å²) in [5.74, 6) is -0.315. The number of halogens is 1. The van der Waals surface area contributed by atoms with Crippen LogP contribution in [0.3, 0.4) is 0 Å². The minimum atomic E-state index is -1.46. The molecule has 1 amide bonds. The van der Waals surface area contributed by atoms with E-state index in [2.05, 4.69) is 10.3 Å². The van der Waals surface area contributed by atoms with Crippen molar-refractivity contribution in [2.75, 3.05) is 13.2 Å². The maximum atomic E-state index is 13.0. The lowest BCUT2D eigenvalue weighted by Crippen LogP contribution is -2.32. The summed E-state index contributed by atoms with van der Waals surface area (Å²) in [4.78, 5) is 16.6. The summed E-state index contributed by atoms with van der Waals surface area (Å²) in [6, 6.07) is 8.82. The van der Waals surface area contributed by atoms with Crippen LogP contribution in [0.4, 0.5) is 4.39 Å². The van der Waals surface area contributed by atoms with Gasteiger partial charge in [0.25, 0.3) is 0 Å². The van der Waals surface area contributed by atoms with Crippen LogP contribution < -0.4 is 10.1 Å². The van der Waals surface area contributed by atoms with Gasteiger partial charge >= 0.3 is 0 Å². The minimum Gasteiger partial charge on any atom is -0.479 e. The largest absolute Gasteiger partial charge is 0.479 e. The molecule has 138 valence electrons. The molecule has 3 rings (SSSR count). The average molecular weight is 374 g/mol. The van der Waals surface area contributed by atoms with E-state index in [-0.39, 0.29) is 42.7 Å². The number of hydrogen-bond donors (Lipinski definition) is 2. The van der Waals surface area contributed by atoms with Gasteiger partial charge in [-0.2, -0.15) is 0 Å². The van der Waals surface area contributed by atoms with Crippen molar-refractivity contribution in [1.82, 2.24) is 10.3 Å². The van der Waals surface area contributed by atoms with Crippen LogP contribution in [0.5, 0.6) is 5.88 Å². The lowest BCUT2D eigenvalue weighted by atomic mass is 9.43. The highest BCUT2D eigenvalue weighted by atomic mass is 19.1. The van der Waals surface area contributed by atoms with Crippen molar-refractivity contribution in [3.8, 4) is 5.88 Å². The third-order valence-electron chi connectivity index (χ3n) is 4.56. The maximum absolute atomic E-state index is 13.0. The Bertz CT molecular complexity index is 813. The molecule has 0 unspecified atom stereocenters. The standard InChI is InChI=1S/C19H18B3FN2O3/c20-19(21,22)10-28-17-6-3-12(8-24-17)16(9-26)25-18(27)15-7-14(15)11-1-4-13(23)5-2-11/h1-6,8,14-16,26H,7,9-10H2,(H,25,27)/t14-,15+,16+/m1/s1. The number of carbonyl (C=O) groups excluding carboxylic acids is 1. The highest BCUT2D eigenvalue weighted by Gasteiger charge is 2.44. The van der Waals surface area contributed by atoms with E-state index < -0.39 is 11.2 Å². The quantitative estimate of drug-likeness (QED) is 0.681. The molecule has 2 aromatic rings. The summed E-state index contributed by atoms with van der Waals surface area (Å²) in [6.07, 6.45) is 2.19. The van der Waals surface area contributed by atoms with E-state index in [1.54, 1.807) is 24.3 Å². The number of rotatable bonds is 8. The molecule has 3 atom stereocenters. The number of hydrogen-bond acceptors (Lipinski definition) is 4. The van der Waals surface area contributed by atoms with Gasteiger partial charge in [-0.3, -0.25) is 4.79 Å². The maximum Gasteiger partial charge on any atom is 0.224 e. The van der Waals surface area contributed by atoms with Crippen molar-refractivity contribution in [1.29, 1.82) is 0 Å². The second-order valence-electron chi connectivity index (χ2n) is 7.07. The third-order valence-corrected chi connectivity index (χ3v) is 4.56. The number of benzene rings is 1. The molecule has 28 heavy (non-hydrogen) atoms. The molecule has 5 nitrogen and oxygen atoms in total. The molecule has 0 saturated heterocycles. The van der Waals surface area contributed by atoms with E-state index in [0.29, 0.717) is 12.0 Å². The van der Waals surface area contributed by atoms with Crippen molar-refractivity contribution < 1.29 is 19.0 Å². The molecule has 1 aliphatic carbocycles. The fraction of sp³-hybridized carbons (Fsp3) is 0.368. The van der Waals surface area contributed by atoms with Crippen LogP contribution in [0, 0.1) is 11.7 Å². The summed E-state index contributed by atoms with van der Waals surface area (Å²) in [5, 5.41) is 11.0. The normalized spacial score (nSPS) is 19.6. The fourth-order valence-corrected chi connectivity index (χ4v) is 2.96. The van der Waals surface area contributed by atoms with E-state index in [4.69, 9.17) is 28.3 Å². The Kier molecular flexibility index (Phi) is 6.13. The Morgan fingerprint density at radius 2 is 2.00 bits per heavy atom. The van der Waals surface area contributed by atoms with E-state index in [1.165, 1.54) is 18.3 Å². The number of amides is 1. The zero-order chi connectivity index (χ0) is 20.3. The zero-order valence-electron chi connectivity index (χ0n) is 15.2. The number of aliphatic hydroxyl groups excluding tert-OH is 1. The Balaban J connectivity index is 1.56. The summed E-state index contributed by atoms with van der Waals surface area (Å²) >= 11 is 0. The molecule has 1 aromatic carbocycles. The molecule has 1 saturated carbocycles. The molecular weight excluding hydrogens is 356 g/mol. The summed E-state index contributed by atoms with van der Waals surface area (Å²) in [6.45, 7) is -0.398. The Morgan fingerprint density at radius 1 is 1.29 bits per heavy atom. The molecule has 0 aliphatic heterocycles. The van der Waals surface area contributed by atoms with Gasteiger partial charge in [-0.15, -0.1) is 0 Å². The van der Waals surface area contributed by atoms with Crippen LogP contribution in [0.1, 0.15) is 29.5 Å². The SMILES string of the molecule is [B]C([B])([B])COc1ccc([C@H](CO)NC(=O)[C@H]2C[C@@H]2c2ccc(F)cc2)cn1. The number of nitrogens with one attached hydrogen (secondary N) is 1. The van der Waals surface area contributed by atoms with Crippen molar-refractivity contribution in [3.05, 3.63) is 59.5 Å². The number of pyridine rings is 1. The lowest BCUT2D eigenvalue weighted by Gasteiger charge is -2.20. The van der Waals surface area contributed by atoms with Crippen LogP contribution in [0.15, 0.2) is 42.6 Å². The van der Waals surface area contributed by atoms with Gasteiger partial charge in [0.05, 0.1) is 42.8 Å². The van der Waals surface area contributed by atoms with Crippen molar-refractivity contribution in [3.63, 3.8) is 0 Å². The summed E-state index contributed by atoms with van der Waals surface area (Å²) in [7, 11) is 16.3. The molecule has 1 aliphatic rings. The van der Waals surface area contributed by atoms with Gasteiger partial charge in [0.1, 0.15) is 5.82 Å². The highest BCUT2D eigenvalue weighted by Crippen LogP contribution is 2.47. The second kappa shape index (κ2) is 8.39. The highest BCUT2D eigenvalue weighted by molar-refractivity contribution is 6.59. The number of carbonyl (C=O) groups is 1. The summed E-state index contributed by atoms with van der Waals surface area (Å²) in [5.41, 5.74) is 1.56. The molecule has 0 spiro atoms. The Morgan fingerprint density at radius 3 is 2.57 bits per heavy atom. The van der Waals surface area contributed by atoms with Crippen LogP contribution in [0.2, 0.25) is 5.11 Å². The second-order valence-corrected chi connectivity index (χ2v) is 7.07. The molecule has 1 aromatic heterocycles. The average Bonchev–Trinajstić information content (AvgIpc) is 3.46. The van der Waals surface area contributed by atoms with E-state index >= 15 is 0 Å². The first-order valence-corrected chi connectivity index (χ1v) is 8.89. The molecule has 6 radical (unpaired) electrons. The molecule has 1 heterocycles. The molecule has 1 fully saturated rings. The number of aromatic nitrogens is 1. The van der Waals surface area contributed by atoms with Gasteiger partial charge in [-0.25, -0.2) is 9.37 Å². The van der Waals surface area contributed by atoms with Crippen LogP contribution in [0.25, 0.3) is 0 Å². The van der Waals surface area contributed by atoms with Crippen LogP contribution >= 0.6 is 0 Å². The van der Waals surface area contributed by atoms with Gasteiger partial charge in [0, 0.05) is 18.2 Å². The molecule has 9 heteroatoms. The Labute approximate surface area is 167 Å². The van der Waals surface area contributed by atoms with E-state index in [9.17, 15) is 14.3 Å². The van der Waals surface area contributed by atoms with Crippen molar-refractivity contribution >= 4 is 29.4 Å². The van der Waals surface area contributed by atoms with Gasteiger partial charge in [0.2, 0.25) is 11.8 Å². The first-order valence-electron chi connectivity index (χ1n) is 8.89. The third kappa shape index (κ3) is 5.38. The smallest absolute Gasteiger partial charge is 0.224 e. The molecule has 0 bridgehead atoms. The molecular formula is C19H18B3FN2O3. The van der Waals surface area contributed by atoms with E-state index in [0.717, 1.165) is 5.56 Å². The predicted octanol–water partition coefficient (Wildman–Crippen LogP) is 1.13.